The number of aliphatic carboxylic acids is 1. The quantitative estimate of drug-likeness (QED) is 0.931. The van der Waals surface area contributed by atoms with E-state index in [9.17, 15) is 14.7 Å². The van der Waals surface area contributed by atoms with Crippen molar-refractivity contribution in [2.24, 2.45) is 0 Å². The highest BCUT2D eigenvalue weighted by Gasteiger charge is 2.33. The highest BCUT2D eigenvalue weighted by molar-refractivity contribution is 5.94. The molecule has 21 heavy (non-hydrogen) atoms. The lowest BCUT2D eigenvalue weighted by Gasteiger charge is -2.35. The molecular formula is C16H22N2O3. The molecule has 1 N–H and O–H groups in total. The fourth-order valence-electron chi connectivity index (χ4n) is 2.68. The van der Waals surface area contributed by atoms with Crippen molar-refractivity contribution >= 4 is 17.7 Å². The Balaban J connectivity index is 2.14. The molecule has 5 nitrogen and oxygen atoms in total. The molecule has 0 spiro atoms. The van der Waals surface area contributed by atoms with Crippen molar-refractivity contribution in [3.63, 3.8) is 0 Å². The number of likely N-dealkylation sites (tertiary alicyclic amines) is 1. The average molecular weight is 290 g/mol. The van der Waals surface area contributed by atoms with Crippen LogP contribution in [0.3, 0.4) is 0 Å². The van der Waals surface area contributed by atoms with E-state index in [-0.39, 0.29) is 6.03 Å². The lowest BCUT2D eigenvalue weighted by molar-refractivity contribution is -0.143. The van der Waals surface area contributed by atoms with E-state index < -0.39 is 12.0 Å². The van der Waals surface area contributed by atoms with Crippen LogP contribution in [-0.2, 0) is 11.2 Å². The maximum absolute atomic E-state index is 12.6. The molecule has 0 saturated carbocycles. The summed E-state index contributed by atoms with van der Waals surface area (Å²) in [6, 6.07) is 6.83. The number of nitrogens with zero attached hydrogens (tertiary/aromatic N) is 2. The summed E-state index contributed by atoms with van der Waals surface area (Å²) >= 11 is 0. The van der Waals surface area contributed by atoms with Crippen LogP contribution in [0.25, 0.3) is 0 Å². The van der Waals surface area contributed by atoms with Crippen LogP contribution in [0.5, 0.6) is 0 Å². The van der Waals surface area contributed by atoms with Gasteiger partial charge in [0.25, 0.3) is 0 Å². The Labute approximate surface area is 125 Å². The lowest BCUT2D eigenvalue weighted by atomic mass is 10.0. The molecule has 2 rings (SSSR count). The molecular weight excluding hydrogens is 268 g/mol. The highest BCUT2D eigenvalue weighted by atomic mass is 16.4. The van der Waals surface area contributed by atoms with Gasteiger partial charge in [-0.2, -0.15) is 0 Å². The zero-order valence-corrected chi connectivity index (χ0v) is 12.6. The lowest BCUT2D eigenvalue weighted by Crippen LogP contribution is -2.52. The smallest absolute Gasteiger partial charge is 0.326 e. The van der Waals surface area contributed by atoms with Gasteiger partial charge < -0.3 is 10.0 Å². The normalized spacial score (nSPS) is 18.4. The summed E-state index contributed by atoms with van der Waals surface area (Å²) in [5, 5.41) is 9.27. The second kappa shape index (κ2) is 6.61. The minimum atomic E-state index is -0.919. The number of aryl methyl sites for hydroxylation is 1. The van der Waals surface area contributed by atoms with Crippen molar-refractivity contribution < 1.29 is 14.7 Å². The first-order valence-corrected chi connectivity index (χ1v) is 7.40. The summed E-state index contributed by atoms with van der Waals surface area (Å²) in [5.74, 6) is -0.919. The first-order chi connectivity index (χ1) is 10.0. The van der Waals surface area contributed by atoms with Crippen molar-refractivity contribution in [2.75, 3.05) is 18.5 Å². The molecule has 0 radical (unpaired) electrons. The number of amides is 2. The van der Waals surface area contributed by atoms with Crippen molar-refractivity contribution in [1.29, 1.82) is 0 Å². The van der Waals surface area contributed by atoms with Gasteiger partial charge in [-0.05, 0) is 43.4 Å². The Bertz CT molecular complexity index is 513. The first kappa shape index (κ1) is 15.4. The van der Waals surface area contributed by atoms with E-state index in [1.54, 1.807) is 7.05 Å². The number of carboxylic acid groups (broad SMARTS) is 1. The molecule has 114 valence electrons. The Hall–Kier alpha value is -2.04. The zero-order valence-electron chi connectivity index (χ0n) is 12.6. The molecule has 0 bridgehead atoms. The van der Waals surface area contributed by atoms with Crippen LogP contribution in [-0.4, -0.2) is 41.6 Å². The molecule has 0 aliphatic carbocycles. The molecule has 0 aromatic heterocycles. The van der Waals surface area contributed by atoms with Crippen LogP contribution >= 0.6 is 0 Å². The van der Waals surface area contributed by atoms with Gasteiger partial charge in [0, 0.05) is 19.3 Å². The van der Waals surface area contributed by atoms with Gasteiger partial charge in [-0.1, -0.05) is 19.1 Å². The third-order valence-electron chi connectivity index (χ3n) is 4.05. The Morgan fingerprint density at radius 3 is 2.52 bits per heavy atom. The summed E-state index contributed by atoms with van der Waals surface area (Å²) in [6.07, 6.45) is 3.20. The Morgan fingerprint density at radius 1 is 1.29 bits per heavy atom. The van der Waals surface area contributed by atoms with Crippen molar-refractivity contribution in [2.45, 2.75) is 38.6 Å². The summed E-state index contributed by atoms with van der Waals surface area (Å²) in [7, 11) is 1.69. The van der Waals surface area contributed by atoms with Gasteiger partial charge >= 0.3 is 12.0 Å². The van der Waals surface area contributed by atoms with E-state index in [1.807, 2.05) is 24.3 Å². The standard InChI is InChI=1S/C16H22N2O3/c1-3-12-7-9-13(10-8-12)17(2)16(21)18-11-5-4-6-14(18)15(19)20/h7-10,14H,3-6,11H2,1-2H3,(H,19,20). The second-order valence-corrected chi connectivity index (χ2v) is 5.40. The van der Waals surface area contributed by atoms with E-state index in [1.165, 1.54) is 15.4 Å². The highest BCUT2D eigenvalue weighted by Crippen LogP contribution is 2.22. The fourth-order valence-corrected chi connectivity index (χ4v) is 2.68. The van der Waals surface area contributed by atoms with Gasteiger partial charge in [0.2, 0.25) is 0 Å². The predicted octanol–water partition coefficient (Wildman–Crippen LogP) is 2.74. The van der Waals surface area contributed by atoms with Gasteiger partial charge in [0.15, 0.2) is 0 Å². The van der Waals surface area contributed by atoms with E-state index >= 15 is 0 Å². The third-order valence-corrected chi connectivity index (χ3v) is 4.05. The van der Waals surface area contributed by atoms with Crippen LogP contribution in [0, 0.1) is 0 Å². The molecule has 1 aromatic carbocycles. The third kappa shape index (κ3) is 3.35. The molecule has 1 aliphatic heterocycles. The van der Waals surface area contributed by atoms with Gasteiger partial charge in [-0.15, -0.1) is 0 Å². The number of benzene rings is 1. The van der Waals surface area contributed by atoms with E-state index in [4.69, 9.17) is 0 Å². The van der Waals surface area contributed by atoms with Gasteiger partial charge in [0.1, 0.15) is 6.04 Å². The Kier molecular flexibility index (Phi) is 4.83. The SMILES string of the molecule is CCc1ccc(N(C)C(=O)N2CCCCC2C(=O)O)cc1. The number of hydrogen-bond acceptors (Lipinski definition) is 2. The molecule has 1 saturated heterocycles. The summed E-state index contributed by atoms with van der Waals surface area (Å²) in [5.41, 5.74) is 1.99. The van der Waals surface area contributed by atoms with Gasteiger partial charge in [0.05, 0.1) is 0 Å². The number of carboxylic acids is 1. The van der Waals surface area contributed by atoms with Crippen LogP contribution < -0.4 is 4.90 Å². The summed E-state index contributed by atoms with van der Waals surface area (Å²) < 4.78 is 0. The number of hydrogen-bond donors (Lipinski definition) is 1. The van der Waals surface area contributed by atoms with Crippen molar-refractivity contribution in [3.05, 3.63) is 29.8 Å². The molecule has 1 aromatic rings. The molecule has 1 fully saturated rings. The number of carbonyl (C=O) groups is 2. The molecule has 1 heterocycles. The minimum Gasteiger partial charge on any atom is -0.480 e. The number of anilines is 1. The van der Waals surface area contributed by atoms with E-state index in [0.717, 1.165) is 24.9 Å². The van der Waals surface area contributed by atoms with Crippen LogP contribution in [0.1, 0.15) is 31.7 Å². The maximum atomic E-state index is 12.6. The number of urea groups is 1. The monoisotopic (exact) mass is 290 g/mol. The molecule has 1 unspecified atom stereocenters. The van der Waals surface area contributed by atoms with E-state index in [2.05, 4.69) is 6.92 Å². The summed E-state index contributed by atoms with van der Waals surface area (Å²) in [6.45, 7) is 2.59. The fraction of sp³-hybridized carbons (Fsp3) is 0.500. The van der Waals surface area contributed by atoms with E-state index in [0.29, 0.717) is 13.0 Å². The van der Waals surface area contributed by atoms with Gasteiger partial charge in [-0.3, -0.25) is 4.90 Å². The van der Waals surface area contributed by atoms with Crippen molar-refractivity contribution in [3.8, 4) is 0 Å². The Morgan fingerprint density at radius 2 is 1.95 bits per heavy atom. The molecule has 1 aliphatic rings. The maximum Gasteiger partial charge on any atom is 0.326 e. The minimum absolute atomic E-state index is 0.244. The number of rotatable bonds is 3. The molecule has 1 atom stereocenters. The van der Waals surface area contributed by atoms with Gasteiger partial charge in [-0.25, -0.2) is 9.59 Å². The second-order valence-electron chi connectivity index (χ2n) is 5.40. The predicted molar refractivity (Wildman–Crippen MR) is 81.6 cm³/mol. The molecule has 2 amide bonds. The van der Waals surface area contributed by atoms with Crippen LogP contribution in [0.15, 0.2) is 24.3 Å². The molecule has 5 heteroatoms. The average Bonchev–Trinajstić information content (AvgIpc) is 2.53. The largest absolute Gasteiger partial charge is 0.480 e. The van der Waals surface area contributed by atoms with Crippen LogP contribution in [0.4, 0.5) is 10.5 Å². The topological polar surface area (TPSA) is 60.9 Å². The number of carbonyl (C=O) groups excluding carboxylic acids is 1. The van der Waals surface area contributed by atoms with Crippen LogP contribution in [0.2, 0.25) is 0 Å². The summed E-state index contributed by atoms with van der Waals surface area (Å²) in [4.78, 5) is 26.9. The number of piperidine rings is 1. The van der Waals surface area contributed by atoms with Crippen molar-refractivity contribution in [1.82, 2.24) is 4.90 Å². The zero-order chi connectivity index (χ0) is 15.4. The first-order valence-electron chi connectivity index (χ1n) is 7.40.